The molecule has 7 atom stereocenters. The minimum atomic E-state index is -0.180. The van der Waals surface area contributed by atoms with Crippen molar-refractivity contribution in [3.8, 4) is 0 Å². The summed E-state index contributed by atoms with van der Waals surface area (Å²) >= 11 is 0. The Morgan fingerprint density at radius 3 is 2.69 bits per heavy atom. The zero-order chi connectivity index (χ0) is 20.6. The second-order valence-corrected chi connectivity index (χ2v) is 11.1. The Balaban J connectivity index is 1.46. The predicted molar refractivity (Wildman–Crippen MR) is 114 cm³/mol. The lowest BCUT2D eigenvalue weighted by atomic mass is 9.45. The molecule has 0 bridgehead atoms. The first-order valence-electron chi connectivity index (χ1n) is 11.7. The molecule has 29 heavy (non-hydrogen) atoms. The smallest absolute Gasteiger partial charge is 0.165 e. The number of carbonyl (C=O) groups is 1. The summed E-state index contributed by atoms with van der Waals surface area (Å²) in [6.45, 7) is 6.79. The number of hydrogen-bond acceptors (Lipinski definition) is 3. The van der Waals surface area contributed by atoms with Crippen molar-refractivity contribution in [1.29, 1.82) is 0 Å². The number of carbonyl (C=O) groups excluding carboxylic acids is 1. The van der Waals surface area contributed by atoms with Crippen LogP contribution in [0.4, 0.5) is 0 Å². The maximum atomic E-state index is 13.5. The molecule has 4 fully saturated rings. The molecule has 1 aromatic rings. The number of ketones is 1. The van der Waals surface area contributed by atoms with Crippen LogP contribution in [0.5, 0.6) is 0 Å². The van der Waals surface area contributed by atoms with Gasteiger partial charge in [0.05, 0.1) is 11.8 Å². The zero-order valence-electron chi connectivity index (χ0n) is 18.4. The molecule has 0 spiro atoms. The predicted octanol–water partition coefficient (Wildman–Crippen LogP) is 4.69. The number of allylic oxidation sites excluding steroid dienone is 1. The zero-order valence-corrected chi connectivity index (χ0v) is 18.4. The molecule has 0 radical (unpaired) electrons. The normalized spacial score (nSPS) is 45.8. The SMILES string of the molecule is Cc1nn(C)cc1/C=C1\C[C@H]2[C@@H]3CC[C@@H]4C[C@@H](O)CC[C@]4(C)[C@H]3CC[C@]2(C)C1=O. The fraction of sp³-hybridized carbons (Fsp3) is 0.760. The monoisotopic (exact) mass is 396 g/mol. The van der Waals surface area contributed by atoms with Gasteiger partial charge in [0.25, 0.3) is 0 Å². The summed E-state index contributed by atoms with van der Waals surface area (Å²) in [4.78, 5) is 13.5. The molecular weight excluding hydrogens is 360 g/mol. The molecule has 4 saturated carbocycles. The average molecular weight is 397 g/mol. The highest BCUT2D eigenvalue weighted by Gasteiger charge is 2.61. The van der Waals surface area contributed by atoms with Gasteiger partial charge < -0.3 is 5.11 Å². The standard InChI is InChI=1S/C25H36N2O2/c1-15-17(14-27(4)26-15)11-16-12-22-20-6-5-18-13-19(28)7-9-24(18,2)21(20)8-10-25(22,3)23(16)29/h11,14,18-22,28H,5-10,12-13H2,1-4H3/b16-11+/t18-,19+,20-,21+,22+,24+,25+/m1/s1. The van der Waals surface area contributed by atoms with E-state index < -0.39 is 0 Å². The number of hydrogen-bond donors (Lipinski definition) is 1. The van der Waals surface area contributed by atoms with E-state index in [-0.39, 0.29) is 11.5 Å². The summed E-state index contributed by atoms with van der Waals surface area (Å²) in [5.74, 6) is 2.94. The van der Waals surface area contributed by atoms with Gasteiger partial charge in [-0.1, -0.05) is 13.8 Å². The minimum Gasteiger partial charge on any atom is -0.393 e. The molecule has 5 rings (SSSR count). The third kappa shape index (κ3) is 2.81. The molecule has 158 valence electrons. The molecule has 1 heterocycles. The molecule has 4 heteroatoms. The first kappa shape index (κ1) is 19.5. The van der Waals surface area contributed by atoms with Gasteiger partial charge in [-0.2, -0.15) is 5.10 Å². The quantitative estimate of drug-likeness (QED) is 0.701. The largest absolute Gasteiger partial charge is 0.393 e. The molecule has 4 nitrogen and oxygen atoms in total. The van der Waals surface area contributed by atoms with E-state index in [1.165, 1.54) is 19.3 Å². The maximum absolute atomic E-state index is 13.5. The molecule has 4 aliphatic rings. The first-order valence-corrected chi connectivity index (χ1v) is 11.7. The van der Waals surface area contributed by atoms with Gasteiger partial charge in [-0.05, 0) is 99.0 Å². The van der Waals surface area contributed by atoms with Crippen molar-refractivity contribution in [2.24, 2.45) is 41.5 Å². The van der Waals surface area contributed by atoms with E-state index in [9.17, 15) is 9.90 Å². The van der Waals surface area contributed by atoms with Gasteiger partial charge in [-0.25, -0.2) is 0 Å². The Morgan fingerprint density at radius 2 is 1.97 bits per heavy atom. The second kappa shape index (κ2) is 6.54. The van der Waals surface area contributed by atoms with Crippen LogP contribution >= 0.6 is 0 Å². The van der Waals surface area contributed by atoms with E-state index in [0.717, 1.165) is 54.9 Å². The van der Waals surface area contributed by atoms with Gasteiger partial charge in [0.2, 0.25) is 0 Å². The summed E-state index contributed by atoms with van der Waals surface area (Å²) < 4.78 is 1.84. The molecular formula is C25H36N2O2. The van der Waals surface area contributed by atoms with Crippen LogP contribution in [-0.4, -0.2) is 26.8 Å². The van der Waals surface area contributed by atoms with Crippen LogP contribution in [0.1, 0.15) is 76.5 Å². The maximum Gasteiger partial charge on any atom is 0.165 e. The summed E-state index contributed by atoms with van der Waals surface area (Å²) in [5, 5.41) is 14.7. The number of rotatable bonds is 1. The Hall–Kier alpha value is -1.42. The number of aryl methyl sites for hydroxylation is 2. The van der Waals surface area contributed by atoms with E-state index in [4.69, 9.17) is 0 Å². The molecule has 0 aromatic carbocycles. The van der Waals surface area contributed by atoms with E-state index in [1.807, 2.05) is 24.9 Å². The van der Waals surface area contributed by atoms with Gasteiger partial charge in [-0.3, -0.25) is 9.48 Å². The molecule has 0 amide bonds. The van der Waals surface area contributed by atoms with Crippen LogP contribution < -0.4 is 0 Å². The van der Waals surface area contributed by atoms with Crippen LogP contribution in [0.25, 0.3) is 6.08 Å². The Kier molecular flexibility index (Phi) is 4.40. The highest BCUT2D eigenvalue weighted by Crippen LogP contribution is 2.66. The number of Topliss-reactive ketones (excluding diaryl/α,β-unsaturated/α-hetero) is 1. The lowest BCUT2D eigenvalue weighted by Gasteiger charge is -2.59. The van der Waals surface area contributed by atoms with Crippen molar-refractivity contribution in [1.82, 2.24) is 9.78 Å². The summed E-state index contributed by atoms with van der Waals surface area (Å²) in [6, 6.07) is 0. The van der Waals surface area contributed by atoms with Crippen LogP contribution in [0.15, 0.2) is 11.8 Å². The highest BCUT2D eigenvalue weighted by atomic mass is 16.3. The van der Waals surface area contributed by atoms with Crippen molar-refractivity contribution in [3.05, 3.63) is 23.0 Å². The van der Waals surface area contributed by atoms with Crippen molar-refractivity contribution in [2.45, 2.75) is 78.2 Å². The third-order valence-electron chi connectivity index (χ3n) is 9.66. The van der Waals surface area contributed by atoms with Crippen LogP contribution in [-0.2, 0) is 11.8 Å². The topological polar surface area (TPSA) is 55.1 Å². The molecule has 0 saturated heterocycles. The van der Waals surface area contributed by atoms with Gasteiger partial charge >= 0.3 is 0 Å². The number of aromatic nitrogens is 2. The number of nitrogens with zero attached hydrogens (tertiary/aromatic N) is 2. The number of aliphatic hydroxyl groups is 1. The third-order valence-corrected chi connectivity index (χ3v) is 9.66. The van der Waals surface area contributed by atoms with Crippen molar-refractivity contribution < 1.29 is 9.90 Å². The van der Waals surface area contributed by atoms with Crippen molar-refractivity contribution in [2.75, 3.05) is 0 Å². The Labute approximate surface area is 174 Å². The first-order chi connectivity index (χ1) is 13.7. The van der Waals surface area contributed by atoms with Gasteiger partial charge in [0.15, 0.2) is 5.78 Å². The highest BCUT2D eigenvalue weighted by molar-refractivity contribution is 6.06. The summed E-state index contributed by atoms with van der Waals surface area (Å²) in [6.07, 6.45) is 12.8. The minimum absolute atomic E-state index is 0.0937. The molecule has 1 N–H and O–H groups in total. The molecule has 1 aromatic heterocycles. The summed E-state index contributed by atoms with van der Waals surface area (Å²) in [5.41, 5.74) is 3.30. The fourth-order valence-corrected chi connectivity index (χ4v) is 7.98. The van der Waals surface area contributed by atoms with Gasteiger partial charge in [0.1, 0.15) is 0 Å². The second-order valence-electron chi connectivity index (χ2n) is 11.1. The number of aliphatic hydroxyl groups excluding tert-OH is 1. The molecule has 0 aliphatic heterocycles. The van der Waals surface area contributed by atoms with E-state index in [2.05, 4.69) is 25.0 Å². The lowest BCUT2D eigenvalue weighted by molar-refractivity contribution is -0.141. The van der Waals surface area contributed by atoms with E-state index in [1.54, 1.807) is 0 Å². The van der Waals surface area contributed by atoms with Gasteiger partial charge in [0, 0.05) is 24.2 Å². The van der Waals surface area contributed by atoms with Crippen LogP contribution in [0.2, 0.25) is 0 Å². The van der Waals surface area contributed by atoms with Crippen LogP contribution in [0, 0.1) is 41.4 Å². The van der Waals surface area contributed by atoms with Gasteiger partial charge in [-0.15, -0.1) is 0 Å². The number of fused-ring (bicyclic) bond motifs is 5. The van der Waals surface area contributed by atoms with Crippen LogP contribution in [0.3, 0.4) is 0 Å². The van der Waals surface area contributed by atoms with Crippen molar-refractivity contribution in [3.63, 3.8) is 0 Å². The van der Waals surface area contributed by atoms with Crippen molar-refractivity contribution >= 4 is 11.9 Å². The average Bonchev–Trinajstić information content (AvgIpc) is 3.12. The fourth-order valence-electron chi connectivity index (χ4n) is 7.98. The Morgan fingerprint density at radius 1 is 1.17 bits per heavy atom. The summed E-state index contributed by atoms with van der Waals surface area (Å²) in [7, 11) is 1.94. The van der Waals surface area contributed by atoms with E-state index in [0.29, 0.717) is 29.0 Å². The molecule has 4 aliphatic carbocycles. The molecule has 0 unspecified atom stereocenters. The lowest BCUT2D eigenvalue weighted by Crippen LogP contribution is -2.54. The van der Waals surface area contributed by atoms with E-state index >= 15 is 0 Å². The Bertz CT molecular complexity index is 870.